The molecule has 0 aromatic carbocycles. The van der Waals surface area contributed by atoms with E-state index in [1.165, 1.54) is 6.21 Å². The molecule has 3 unspecified atom stereocenters. The van der Waals surface area contributed by atoms with Gasteiger partial charge < -0.3 is 20.3 Å². The van der Waals surface area contributed by atoms with Crippen LogP contribution in [0, 0.1) is 0 Å². The molecule has 1 fully saturated rings. The number of carbonyl (C=O) groups excluding carboxylic acids is 1. The second-order valence-corrected chi connectivity index (χ2v) is 4.17. The van der Waals surface area contributed by atoms with Crippen molar-refractivity contribution in [1.82, 2.24) is 10.7 Å². The van der Waals surface area contributed by atoms with Crippen LogP contribution in [0.5, 0.6) is 0 Å². The maximum atomic E-state index is 11.8. The van der Waals surface area contributed by atoms with Crippen molar-refractivity contribution in [3.63, 3.8) is 0 Å². The Balaban J connectivity index is 2.44. The largest absolute Gasteiger partial charge is 0.390 e. The molecule has 1 aliphatic heterocycles. The van der Waals surface area contributed by atoms with Gasteiger partial charge in [-0.2, -0.15) is 5.10 Å². The van der Waals surface area contributed by atoms with E-state index in [4.69, 9.17) is 4.74 Å². The van der Waals surface area contributed by atoms with Crippen molar-refractivity contribution >= 4 is 12.1 Å². The van der Waals surface area contributed by atoms with E-state index in [0.29, 0.717) is 18.7 Å². The Morgan fingerprint density at radius 3 is 2.84 bits per heavy atom. The standard InChI is InChI=1S/C12H21N3O4/c1-3-8(15-14-4-2)12(18)13-7-10-11(17)9(16)5-6-19-10/h3-4,9-11,15-17H,5-7H2,1-2H3,(H,13,18)/b8-3-,14-4-. The van der Waals surface area contributed by atoms with Gasteiger partial charge in [-0.1, -0.05) is 6.08 Å². The lowest BCUT2D eigenvalue weighted by Crippen LogP contribution is -2.50. The number of rotatable bonds is 5. The number of nitrogens with zero attached hydrogens (tertiary/aromatic N) is 1. The van der Waals surface area contributed by atoms with Crippen LogP contribution >= 0.6 is 0 Å². The Hall–Kier alpha value is -1.44. The highest BCUT2D eigenvalue weighted by Gasteiger charge is 2.31. The highest BCUT2D eigenvalue weighted by Crippen LogP contribution is 2.14. The summed E-state index contributed by atoms with van der Waals surface area (Å²) < 4.78 is 5.31. The van der Waals surface area contributed by atoms with E-state index in [1.807, 2.05) is 0 Å². The van der Waals surface area contributed by atoms with Crippen LogP contribution < -0.4 is 10.7 Å². The summed E-state index contributed by atoms with van der Waals surface area (Å²) in [5, 5.41) is 25.6. The number of aliphatic hydroxyl groups is 2. The summed E-state index contributed by atoms with van der Waals surface area (Å²) in [6.45, 7) is 3.94. The lowest BCUT2D eigenvalue weighted by molar-refractivity contribution is -0.136. The Bertz CT molecular complexity index is 357. The Labute approximate surface area is 112 Å². The number of hydrazone groups is 1. The van der Waals surface area contributed by atoms with Crippen LogP contribution in [0.15, 0.2) is 16.9 Å². The molecule has 1 heterocycles. The number of ether oxygens (including phenoxy) is 1. The number of hydrogen-bond acceptors (Lipinski definition) is 6. The molecule has 3 atom stereocenters. The maximum absolute atomic E-state index is 11.8. The molecule has 0 radical (unpaired) electrons. The summed E-state index contributed by atoms with van der Waals surface area (Å²) in [5.74, 6) is -0.344. The van der Waals surface area contributed by atoms with Gasteiger partial charge in [0.1, 0.15) is 17.9 Å². The van der Waals surface area contributed by atoms with Crippen LogP contribution in [0.4, 0.5) is 0 Å². The summed E-state index contributed by atoms with van der Waals surface area (Å²) in [6, 6.07) is 0. The number of amides is 1. The molecule has 1 rings (SSSR count). The second kappa shape index (κ2) is 7.88. The summed E-state index contributed by atoms with van der Waals surface area (Å²) in [6.07, 6.45) is 1.14. The average molecular weight is 271 g/mol. The van der Waals surface area contributed by atoms with Crippen LogP contribution in [0.25, 0.3) is 0 Å². The summed E-state index contributed by atoms with van der Waals surface area (Å²) >= 11 is 0. The molecule has 4 N–H and O–H groups in total. The lowest BCUT2D eigenvalue weighted by Gasteiger charge is -2.32. The third-order valence-corrected chi connectivity index (χ3v) is 2.83. The molecule has 1 aliphatic rings. The molecule has 1 saturated heterocycles. The third-order valence-electron chi connectivity index (χ3n) is 2.83. The molecule has 0 aliphatic carbocycles. The predicted octanol–water partition coefficient (Wildman–Crippen LogP) is -0.888. The number of allylic oxidation sites excluding steroid dienone is 1. The number of nitrogens with one attached hydrogen (secondary N) is 2. The van der Waals surface area contributed by atoms with Crippen molar-refractivity contribution in [3.8, 4) is 0 Å². The molecule has 0 aromatic rings. The first-order chi connectivity index (χ1) is 9.10. The molecule has 0 aromatic heterocycles. The first kappa shape index (κ1) is 15.6. The zero-order valence-electron chi connectivity index (χ0n) is 11.2. The molecule has 0 bridgehead atoms. The smallest absolute Gasteiger partial charge is 0.268 e. The van der Waals surface area contributed by atoms with Crippen molar-refractivity contribution in [2.75, 3.05) is 13.2 Å². The summed E-state index contributed by atoms with van der Waals surface area (Å²) in [5.41, 5.74) is 2.90. The maximum Gasteiger partial charge on any atom is 0.268 e. The van der Waals surface area contributed by atoms with E-state index in [2.05, 4.69) is 15.8 Å². The fourth-order valence-electron chi connectivity index (χ4n) is 1.71. The first-order valence-electron chi connectivity index (χ1n) is 6.26. The van der Waals surface area contributed by atoms with E-state index in [-0.39, 0.29) is 12.5 Å². The van der Waals surface area contributed by atoms with Gasteiger partial charge in [-0.05, 0) is 20.3 Å². The molecule has 0 saturated carbocycles. The minimum absolute atomic E-state index is 0.131. The monoisotopic (exact) mass is 271 g/mol. The molecular formula is C12H21N3O4. The van der Waals surface area contributed by atoms with Crippen molar-refractivity contribution in [2.24, 2.45) is 5.10 Å². The van der Waals surface area contributed by atoms with Gasteiger partial charge in [-0.15, -0.1) is 0 Å². The quantitative estimate of drug-likeness (QED) is 0.295. The van der Waals surface area contributed by atoms with Crippen LogP contribution in [0.3, 0.4) is 0 Å². The summed E-state index contributed by atoms with van der Waals surface area (Å²) in [4.78, 5) is 11.8. The molecule has 108 valence electrons. The molecule has 7 heteroatoms. The first-order valence-corrected chi connectivity index (χ1v) is 6.26. The van der Waals surface area contributed by atoms with Gasteiger partial charge in [0.25, 0.3) is 5.91 Å². The number of aliphatic hydroxyl groups excluding tert-OH is 2. The van der Waals surface area contributed by atoms with Gasteiger partial charge in [0.2, 0.25) is 0 Å². The van der Waals surface area contributed by atoms with Gasteiger partial charge in [-0.25, -0.2) is 0 Å². The van der Waals surface area contributed by atoms with Crippen LogP contribution in [-0.2, 0) is 9.53 Å². The van der Waals surface area contributed by atoms with Crippen molar-refractivity contribution in [3.05, 3.63) is 11.8 Å². The fourth-order valence-corrected chi connectivity index (χ4v) is 1.71. The normalized spacial score (nSPS) is 28.4. The average Bonchev–Trinajstić information content (AvgIpc) is 2.41. The van der Waals surface area contributed by atoms with Gasteiger partial charge in [0.15, 0.2) is 0 Å². The Morgan fingerprint density at radius 2 is 2.21 bits per heavy atom. The number of hydrogen-bond donors (Lipinski definition) is 4. The van der Waals surface area contributed by atoms with Crippen LogP contribution in [0.2, 0.25) is 0 Å². The SMILES string of the molecule is C/C=N\N/C(=C\C)C(=O)NCC1OCCC(O)C1O. The van der Waals surface area contributed by atoms with Gasteiger partial charge in [0, 0.05) is 19.4 Å². The Morgan fingerprint density at radius 1 is 1.47 bits per heavy atom. The lowest BCUT2D eigenvalue weighted by atomic mass is 10.0. The van der Waals surface area contributed by atoms with Crippen LogP contribution in [0.1, 0.15) is 20.3 Å². The molecule has 1 amide bonds. The molecule has 19 heavy (non-hydrogen) atoms. The predicted molar refractivity (Wildman–Crippen MR) is 70.4 cm³/mol. The Kier molecular flexibility index (Phi) is 6.48. The zero-order valence-corrected chi connectivity index (χ0v) is 11.2. The topological polar surface area (TPSA) is 103 Å². The van der Waals surface area contributed by atoms with Crippen molar-refractivity contribution < 1.29 is 19.7 Å². The molecule has 7 nitrogen and oxygen atoms in total. The highest BCUT2D eigenvalue weighted by molar-refractivity contribution is 5.92. The van der Waals surface area contributed by atoms with E-state index in [9.17, 15) is 15.0 Å². The van der Waals surface area contributed by atoms with E-state index in [1.54, 1.807) is 19.9 Å². The second-order valence-electron chi connectivity index (χ2n) is 4.17. The van der Waals surface area contributed by atoms with Gasteiger partial charge in [0.05, 0.1) is 6.10 Å². The molecule has 0 spiro atoms. The summed E-state index contributed by atoms with van der Waals surface area (Å²) in [7, 11) is 0. The van der Waals surface area contributed by atoms with Crippen molar-refractivity contribution in [2.45, 2.75) is 38.6 Å². The van der Waals surface area contributed by atoms with E-state index < -0.39 is 18.3 Å². The van der Waals surface area contributed by atoms with E-state index >= 15 is 0 Å². The zero-order chi connectivity index (χ0) is 14.3. The fraction of sp³-hybridized carbons (Fsp3) is 0.667. The van der Waals surface area contributed by atoms with E-state index in [0.717, 1.165) is 0 Å². The minimum atomic E-state index is -0.982. The highest BCUT2D eigenvalue weighted by atomic mass is 16.5. The van der Waals surface area contributed by atoms with Crippen molar-refractivity contribution in [1.29, 1.82) is 0 Å². The van der Waals surface area contributed by atoms with Gasteiger partial charge >= 0.3 is 0 Å². The minimum Gasteiger partial charge on any atom is -0.390 e. The van der Waals surface area contributed by atoms with Crippen LogP contribution in [-0.4, -0.2) is 53.8 Å². The van der Waals surface area contributed by atoms with Gasteiger partial charge in [-0.3, -0.25) is 10.2 Å². The molecular weight excluding hydrogens is 250 g/mol. The number of carbonyl (C=O) groups is 1. The third kappa shape index (κ3) is 4.62.